The van der Waals surface area contributed by atoms with E-state index in [1.165, 1.54) is 12.3 Å². The molecule has 148 valence electrons. The molecule has 0 saturated heterocycles. The van der Waals surface area contributed by atoms with Crippen molar-refractivity contribution in [1.29, 1.82) is 0 Å². The third kappa shape index (κ3) is 2.91. The van der Waals surface area contributed by atoms with E-state index in [1.54, 1.807) is 18.2 Å². The van der Waals surface area contributed by atoms with Crippen LogP contribution in [-0.4, -0.2) is 17.6 Å². The van der Waals surface area contributed by atoms with E-state index in [-0.39, 0.29) is 22.3 Å². The lowest BCUT2D eigenvalue weighted by molar-refractivity contribution is -0.137. The average Bonchev–Trinajstić information content (AvgIpc) is 3.14. The minimum absolute atomic E-state index is 0.0853. The Morgan fingerprint density at radius 2 is 1.90 bits per heavy atom. The second-order valence-corrected chi connectivity index (χ2v) is 6.29. The van der Waals surface area contributed by atoms with Crippen LogP contribution in [0.15, 0.2) is 57.9 Å². The molecular formula is C20H13F3N2O4. The fraction of sp³-hybridized carbons (Fsp3) is 0.100. The summed E-state index contributed by atoms with van der Waals surface area (Å²) >= 11 is 0. The molecule has 29 heavy (non-hydrogen) atoms. The van der Waals surface area contributed by atoms with Gasteiger partial charge in [0, 0.05) is 10.8 Å². The van der Waals surface area contributed by atoms with E-state index >= 15 is 0 Å². The van der Waals surface area contributed by atoms with E-state index in [4.69, 9.17) is 10.2 Å². The number of pyridine rings is 1. The van der Waals surface area contributed by atoms with Crippen LogP contribution in [0.4, 0.5) is 18.9 Å². The summed E-state index contributed by atoms with van der Waals surface area (Å²) in [6.07, 6.45) is -3.18. The van der Waals surface area contributed by atoms with Gasteiger partial charge in [0.25, 0.3) is 5.56 Å². The van der Waals surface area contributed by atoms with Crippen molar-refractivity contribution in [1.82, 2.24) is 4.57 Å². The van der Waals surface area contributed by atoms with Gasteiger partial charge in [-0.3, -0.25) is 9.36 Å². The van der Waals surface area contributed by atoms with Gasteiger partial charge < -0.3 is 14.9 Å². The van der Waals surface area contributed by atoms with Crippen LogP contribution in [0.5, 0.6) is 0 Å². The average molecular weight is 402 g/mol. The molecule has 0 saturated carbocycles. The second kappa shape index (κ2) is 6.40. The van der Waals surface area contributed by atoms with Crippen LogP contribution in [-0.2, 0) is 10.9 Å². The second-order valence-electron chi connectivity index (χ2n) is 6.29. The molecule has 0 fully saturated rings. The molecule has 4 rings (SSSR count). The number of furan rings is 1. The number of methoxy groups -OCH3 is 1. The number of nitrogens with zero attached hydrogens (tertiary/aromatic N) is 1. The van der Waals surface area contributed by atoms with Crippen molar-refractivity contribution in [2.24, 2.45) is 0 Å². The van der Waals surface area contributed by atoms with Gasteiger partial charge in [0.2, 0.25) is 0 Å². The third-order valence-electron chi connectivity index (χ3n) is 4.63. The zero-order valence-corrected chi connectivity index (χ0v) is 14.9. The molecule has 2 aromatic carbocycles. The predicted molar refractivity (Wildman–Crippen MR) is 100 cm³/mol. The summed E-state index contributed by atoms with van der Waals surface area (Å²) in [7, 11) is 1.08. The SMILES string of the molecule is COC(=O)c1c(N)c2ccc(C(F)(F)F)cc2n(-c2ccc3occc3c2)c1=O. The summed E-state index contributed by atoms with van der Waals surface area (Å²) in [4.78, 5) is 25.3. The van der Waals surface area contributed by atoms with Gasteiger partial charge in [-0.2, -0.15) is 13.2 Å². The summed E-state index contributed by atoms with van der Waals surface area (Å²) in [6.45, 7) is 0. The predicted octanol–water partition coefficient (Wildman–Crippen LogP) is 4.12. The molecule has 0 spiro atoms. The number of benzene rings is 2. The molecule has 2 aromatic heterocycles. The minimum atomic E-state index is -4.63. The summed E-state index contributed by atoms with van der Waals surface area (Å²) in [5.74, 6) is -0.979. The Balaban J connectivity index is 2.16. The largest absolute Gasteiger partial charge is 0.465 e. The maximum absolute atomic E-state index is 13.3. The molecule has 0 unspecified atom stereocenters. The number of ether oxygens (including phenoxy) is 1. The molecule has 2 N–H and O–H groups in total. The number of anilines is 1. The van der Waals surface area contributed by atoms with Crippen LogP contribution >= 0.6 is 0 Å². The van der Waals surface area contributed by atoms with Gasteiger partial charge in [0.1, 0.15) is 11.1 Å². The number of halogens is 3. The van der Waals surface area contributed by atoms with Crippen LogP contribution in [0.1, 0.15) is 15.9 Å². The highest BCUT2D eigenvalue weighted by molar-refractivity contribution is 6.04. The molecule has 2 heterocycles. The number of hydrogen-bond donors (Lipinski definition) is 1. The van der Waals surface area contributed by atoms with Gasteiger partial charge in [0.05, 0.1) is 35.8 Å². The first-order valence-electron chi connectivity index (χ1n) is 8.33. The topological polar surface area (TPSA) is 87.5 Å². The van der Waals surface area contributed by atoms with Crippen molar-refractivity contribution < 1.29 is 27.1 Å². The van der Waals surface area contributed by atoms with Crippen molar-refractivity contribution in [2.75, 3.05) is 12.8 Å². The third-order valence-corrected chi connectivity index (χ3v) is 4.63. The number of rotatable bonds is 2. The van der Waals surface area contributed by atoms with Gasteiger partial charge in [0.15, 0.2) is 0 Å². The number of aromatic nitrogens is 1. The van der Waals surface area contributed by atoms with E-state index in [9.17, 15) is 22.8 Å². The summed E-state index contributed by atoms with van der Waals surface area (Å²) < 4.78 is 50.7. The number of alkyl halides is 3. The number of carbonyl (C=O) groups is 1. The smallest absolute Gasteiger partial charge is 0.416 e. The number of carbonyl (C=O) groups excluding carboxylic acids is 1. The first-order chi connectivity index (χ1) is 13.7. The maximum Gasteiger partial charge on any atom is 0.416 e. The van der Waals surface area contributed by atoms with Crippen molar-refractivity contribution in [2.45, 2.75) is 6.18 Å². The Morgan fingerprint density at radius 1 is 1.14 bits per heavy atom. The van der Waals surface area contributed by atoms with E-state index < -0.39 is 28.8 Å². The molecule has 0 aliphatic carbocycles. The Labute approximate surface area is 160 Å². The molecule has 4 aromatic rings. The Bertz CT molecular complexity index is 1340. The lowest BCUT2D eigenvalue weighted by Crippen LogP contribution is -2.28. The Morgan fingerprint density at radius 3 is 2.59 bits per heavy atom. The zero-order chi connectivity index (χ0) is 20.9. The highest BCUT2D eigenvalue weighted by atomic mass is 19.4. The number of fused-ring (bicyclic) bond motifs is 2. The van der Waals surface area contributed by atoms with Crippen LogP contribution in [0.2, 0.25) is 0 Å². The first kappa shape index (κ1) is 18.6. The molecule has 0 atom stereocenters. The van der Waals surface area contributed by atoms with Crippen LogP contribution in [0, 0.1) is 0 Å². The van der Waals surface area contributed by atoms with Crippen molar-refractivity contribution in [3.8, 4) is 5.69 Å². The quantitative estimate of drug-likeness (QED) is 0.510. The van der Waals surface area contributed by atoms with Crippen molar-refractivity contribution >= 4 is 33.5 Å². The van der Waals surface area contributed by atoms with E-state index in [2.05, 4.69) is 4.74 Å². The first-order valence-corrected chi connectivity index (χ1v) is 8.33. The van der Waals surface area contributed by atoms with Gasteiger partial charge in [-0.1, -0.05) is 6.07 Å². The number of nitrogen functional groups attached to an aromatic ring is 1. The number of nitrogens with two attached hydrogens (primary N) is 1. The van der Waals surface area contributed by atoms with Gasteiger partial charge in [-0.25, -0.2) is 4.79 Å². The van der Waals surface area contributed by atoms with E-state index in [0.29, 0.717) is 11.0 Å². The van der Waals surface area contributed by atoms with Crippen LogP contribution in [0.3, 0.4) is 0 Å². The fourth-order valence-electron chi connectivity index (χ4n) is 3.24. The summed E-state index contributed by atoms with van der Waals surface area (Å²) in [6, 6.07) is 9.09. The molecule has 0 aliphatic rings. The van der Waals surface area contributed by atoms with E-state index in [1.807, 2.05) is 0 Å². The van der Waals surface area contributed by atoms with Crippen molar-refractivity contribution in [3.63, 3.8) is 0 Å². The molecule has 9 heteroatoms. The normalized spacial score (nSPS) is 11.9. The lowest BCUT2D eigenvalue weighted by atomic mass is 10.0. The fourth-order valence-corrected chi connectivity index (χ4v) is 3.24. The van der Waals surface area contributed by atoms with Crippen LogP contribution in [0.25, 0.3) is 27.6 Å². The highest BCUT2D eigenvalue weighted by Crippen LogP contribution is 2.34. The summed E-state index contributed by atoms with van der Waals surface area (Å²) in [5.41, 5.74) is 4.13. The van der Waals surface area contributed by atoms with Gasteiger partial charge >= 0.3 is 12.1 Å². The zero-order valence-electron chi connectivity index (χ0n) is 14.9. The molecule has 6 nitrogen and oxygen atoms in total. The monoisotopic (exact) mass is 402 g/mol. The number of hydrogen-bond acceptors (Lipinski definition) is 5. The maximum atomic E-state index is 13.3. The Hall–Kier alpha value is -3.75. The van der Waals surface area contributed by atoms with E-state index in [0.717, 1.165) is 29.9 Å². The summed E-state index contributed by atoms with van der Waals surface area (Å²) in [5, 5.41) is 0.747. The highest BCUT2D eigenvalue weighted by Gasteiger charge is 2.32. The van der Waals surface area contributed by atoms with Crippen LogP contribution < -0.4 is 11.3 Å². The van der Waals surface area contributed by atoms with Gasteiger partial charge in [-0.15, -0.1) is 0 Å². The molecule has 0 amide bonds. The molecule has 0 bridgehead atoms. The minimum Gasteiger partial charge on any atom is -0.465 e. The number of esters is 1. The van der Waals surface area contributed by atoms with Crippen molar-refractivity contribution in [3.05, 3.63) is 70.2 Å². The molecule has 0 aliphatic heterocycles. The van der Waals surface area contributed by atoms with Gasteiger partial charge in [-0.05, 0) is 36.4 Å². The Kier molecular flexibility index (Phi) is 4.11. The molecular weight excluding hydrogens is 389 g/mol. The molecule has 0 radical (unpaired) electrons. The standard InChI is InChI=1S/C20H13F3N2O4/c1-28-19(27)16-17(24)13-4-2-11(20(21,22)23)9-14(13)25(18(16)26)12-3-5-15-10(8-12)6-7-29-15/h2-9H,24H2,1H3. The lowest BCUT2D eigenvalue weighted by Gasteiger charge is -2.17.